The Morgan fingerprint density at radius 1 is 1.20 bits per heavy atom. The van der Waals surface area contributed by atoms with Gasteiger partial charge in [-0.05, 0) is 23.6 Å². The summed E-state index contributed by atoms with van der Waals surface area (Å²) in [6.45, 7) is 0.482. The molecule has 0 aliphatic carbocycles. The van der Waals surface area contributed by atoms with Crippen molar-refractivity contribution in [2.45, 2.75) is 12.7 Å². The number of likely N-dealkylation sites (N-methyl/N-ethyl adjacent to an activating group) is 1. The lowest BCUT2D eigenvalue weighted by molar-refractivity contribution is -0.885. The third-order valence-corrected chi connectivity index (χ3v) is 4.26. The molecule has 0 saturated carbocycles. The molecule has 1 unspecified atom stereocenters. The summed E-state index contributed by atoms with van der Waals surface area (Å²) in [6.07, 6.45) is -4.37. The molecule has 2 aromatic rings. The number of quaternary nitrogens is 1. The van der Waals surface area contributed by atoms with Crippen molar-refractivity contribution in [1.29, 1.82) is 0 Å². The van der Waals surface area contributed by atoms with E-state index in [1.165, 1.54) is 29.5 Å². The zero-order valence-electron chi connectivity index (χ0n) is 13.3. The lowest BCUT2D eigenvalue weighted by atomic mass is 10.1. The summed E-state index contributed by atoms with van der Waals surface area (Å²) in [5, 5.41) is 4.66. The summed E-state index contributed by atoms with van der Waals surface area (Å²) < 4.78 is 37.6. The predicted octanol–water partition coefficient (Wildman–Crippen LogP) is 1.52. The standard InChI is InChI=1S/C16H16F3N3O2S/c1-22(8-10-2-4-11(5-3-10)16(17,18)19)9-13(23)21-15-12(14(20)24)6-7-25-15/h2-7H,8-9H2,1H3,(H2,20,24)(H,21,23)/p+1. The first-order valence-corrected chi connectivity index (χ1v) is 8.19. The van der Waals surface area contributed by atoms with Gasteiger partial charge in [0.05, 0.1) is 18.2 Å². The van der Waals surface area contributed by atoms with Crippen LogP contribution in [0.4, 0.5) is 18.2 Å². The normalized spacial score (nSPS) is 12.6. The van der Waals surface area contributed by atoms with Gasteiger partial charge in [0.25, 0.3) is 11.8 Å². The molecule has 1 aromatic heterocycles. The van der Waals surface area contributed by atoms with E-state index in [1.807, 2.05) is 0 Å². The van der Waals surface area contributed by atoms with Crippen LogP contribution in [-0.4, -0.2) is 25.4 Å². The fourth-order valence-corrected chi connectivity index (χ4v) is 3.08. The molecule has 4 N–H and O–H groups in total. The molecule has 1 atom stereocenters. The maximum Gasteiger partial charge on any atom is 0.416 e. The van der Waals surface area contributed by atoms with E-state index in [-0.39, 0.29) is 18.0 Å². The number of amides is 2. The van der Waals surface area contributed by atoms with Crippen molar-refractivity contribution in [3.8, 4) is 0 Å². The summed E-state index contributed by atoms with van der Waals surface area (Å²) in [7, 11) is 1.75. The molecule has 25 heavy (non-hydrogen) atoms. The second kappa shape index (κ2) is 7.66. The Hall–Kier alpha value is -2.39. The largest absolute Gasteiger partial charge is 0.416 e. The van der Waals surface area contributed by atoms with Gasteiger partial charge in [0.1, 0.15) is 11.5 Å². The van der Waals surface area contributed by atoms with E-state index in [2.05, 4.69) is 5.32 Å². The smallest absolute Gasteiger partial charge is 0.366 e. The molecular weight excluding hydrogens is 355 g/mol. The van der Waals surface area contributed by atoms with Crippen LogP contribution in [0, 0.1) is 0 Å². The number of carbonyl (C=O) groups is 2. The molecule has 0 spiro atoms. The number of rotatable bonds is 6. The highest BCUT2D eigenvalue weighted by atomic mass is 32.1. The van der Waals surface area contributed by atoms with Crippen LogP contribution in [0.1, 0.15) is 21.5 Å². The zero-order valence-corrected chi connectivity index (χ0v) is 14.1. The van der Waals surface area contributed by atoms with Crippen LogP contribution in [0.25, 0.3) is 0 Å². The van der Waals surface area contributed by atoms with Gasteiger partial charge in [-0.15, -0.1) is 11.3 Å². The van der Waals surface area contributed by atoms with Crippen molar-refractivity contribution in [3.05, 3.63) is 52.4 Å². The first-order valence-electron chi connectivity index (χ1n) is 7.31. The Bertz CT molecular complexity index is 757. The van der Waals surface area contributed by atoms with E-state index >= 15 is 0 Å². The van der Waals surface area contributed by atoms with E-state index < -0.39 is 17.6 Å². The third-order valence-electron chi connectivity index (χ3n) is 3.43. The SMILES string of the molecule is C[NH+](CC(=O)Nc1sccc1C(N)=O)Cc1ccc(C(F)(F)F)cc1. The predicted molar refractivity (Wildman–Crippen MR) is 88.4 cm³/mol. The van der Waals surface area contributed by atoms with Gasteiger partial charge < -0.3 is 16.0 Å². The highest BCUT2D eigenvalue weighted by Gasteiger charge is 2.30. The van der Waals surface area contributed by atoms with Crippen LogP contribution in [-0.2, 0) is 17.5 Å². The van der Waals surface area contributed by atoms with E-state index in [0.29, 0.717) is 17.1 Å². The first-order chi connectivity index (χ1) is 11.7. The van der Waals surface area contributed by atoms with Crippen LogP contribution in [0.3, 0.4) is 0 Å². The van der Waals surface area contributed by atoms with E-state index in [9.17, 15) is 22.8 Å². The minimum absolute atomic E-state index is 0.0944. The van der Waals surface area contributed by atoms with Gasteiger partial charge in [-0.3, -0.25) is 9.59 Å². The summed E-state index contributed by atoms with van der Waals surface area (Å²) >= 11 is 1.19. The van der Waals surface area contributed by atoms with Crippen molar-refractivity contribution in [2.24, 2.45) is 5.73 Å². The van der Waals surface area contributed by atoms with Crippen LogP contribution in [0.5, 0.6) is 0 Å². The maximum absolute atomic E-state index is 12.5. The highest BCUT2D eigenvalue weighted by Crippen LogP contribution is 2.29. The van der Waals surface area contributed by atoms with Gasteiger partial charge >= 0.3 is 6.18 Å². The molecule has 0 saturated heterocycles. The van der Waals surface area contributed by atoms with Crippen LogP contribution in [0.15, 0.2) is 35.7 Å². The molecule has 134 valence electrons. The highest BCUT2D eigenvalue weighted by molar-refractivity contribution is 7.14. The number of hydrogen-bond acceptors (Lipinski definition) is 3. The molecule has 5 nitrogen and oxygen atoms in total. The van der Waals surface area contributed by atoms with E-state index in [1.54, 1.807) is 12.4 Å². The molecule has 0 bridgehead atoms. The molecule has 1 aromatic carbocycles. The first kappa shape index (κ1) is 18.9. The van der Waals surface area contributed by atoms with Crippen LogP contribution < -0.4 is 16.0 Å². The summed E-state index contributed by atoms with van der Waals surface area (Å²) in [4.78, 5) is 24.0. The maximum atomic E-state index is 12.5. The minimum Gasteiger partial charge on any atom is -0.366 e. The monoisotopic (exact) mass is 372 g/mol. The average molecular weight is 372 g/mol. The number of nitrogens with one attached hydrogen (secondary N) is 2. The third kappa shape index (κ3) is 5.30. The van der Waals surface area contributed by atoms with Gasteiger partial charge in [-0.25, -0.2) is 0 Å². The van der Waals surface area contributed by atoms with Crippen molar-refractivity contribution >= 4 is 28.2 Å². The van der Waals surface area contributed by atoms with Crippen molar-refractivity contribution in [1.82, 2.24) is 0 Å². The van der Waals surface area contributed by atoms with Crippen LogP contribution in [0.2, 0.25) is 0 Å². The van der Waals surface area contributed by atoms with Crippen molar-refractivity contribution < 1.29 is 27.7 Å². The Kier molecular flexibility index (Phi) is 5.81. The lowest BCUT2D eigenvalue weighted by Gasteiger charge is -2.14. The van der Waals surface area contributed by atoms with Crippen LogP contribution >= 0.6 is 11.3 Å². The molecule has 2 amide bonds. The molecule has 0 fully saturated rings. The molecule has 9 heteroatoms. The Balaban J connectivity index is 1.91. The van der Waals surface area contributed by atoms with Gasteiger partial charge in [0.2, 0.25) is 0 Å². The number of hydrogen-bond donors (Lipinski definition) is 3. The van der Waals surface area contributed by atoms with Gasteiger partial charge in [-0.1, -0.05) is 12.1 Å². The van der Waals surface area contributed by atoms with E-state index in [0.717, 1.165) is 17.0 Å². The summed E-state index contributed by atoms with van der Waals surface area (Å²) in [5.74, 6) is -0.934. The molecule has 0 radical (unpaired) electrons. The average Bonchev–Trinajstić information content (AvgIpc) is 2.94. The number of alkyl halides is 3. The summed E-state index contributed by atoms with van der Waals surface area (Å²) in [5.41, 5.74) is 5.44. The Morgan fingerprint density at radius 3 is 2.40 bits per heavy atom. The topological polar surface area (TPSA) is 76.6 Å². The fourth-order valence-electron chi connectivity index (χ4n) is 2.27. The van der Waals surface area contributed by atoms with Gasteiger partial charge in [-0.2, -0.15) is 13.2 Å². The minimum atomic E-state index is -4.37. The zero-order chi connectivity index (χ0) is 18.6. The van der Waals surface area contributed by atoms with Gasteiger partial charge in [0, 0.05) is 5.56 Å². The van der Waals surface area contributed by atoms with E-state index in [4.69, 9.17) is 5.73 Å². The Labute approximate surface area is 146 Å². The number of nitrogens with two attached hydrogens (primary N) is 1. The number of anilines is 1. The molecule has 2 rings (SSSR count). The fraction of sp³-hybridized carbons (Fsp3) is 0.250. The molecule has 0 aliphatic heterocycles. The number of carbonyl (C=O) groups excluding carboxylic acids is 2. The van der Waals surface area contributed by atoms with Crippen molar-refractivity contribution in [2.75, 3.05) is 18.9 Å². The molecule has 0 aliphatic rings. The Morgan fingerprint density at radius 2 is 1.84 bits per heavy atom. The summed E-state index contributed by atoms with van der Waals surface area (Å²) in [6, 6.07) is 6.37. The number of benzene rings is 1. The molecular formula is C16H17F3N3O2S+. The molecule has 1 heterocycles. The van der Waals surface area contributed by atoms with Gasteiger partial charge in [0.15, 0.2) is 6.54 Å². The number of halogens is 3. The number of thiophene rings is 1. The quantitative estimate of drug-likeness (QED) is 0.719. The number of primary amides is 1. The lowest BCUT2D eigenvalue weighted by Crippen LogP contribution is -3.08. The second-order valence-electron chi connectivity index (χ2n) is 5.58. The second-order valence-corrected chi connectivity index (χ2v) is 6.50. The van der Waals surface area contributed by atoms with Crippen molar-refractivity contribution in [3.63, 3.8) is 0 Å².